The van der Waals surface area contributed by atoms with Crippen molar-refractivity contribution in [2.75, 3.05) is 0 Å². The van der Waals surface area contributed by atoms with Gasteiger partial charge in [-0.1, -0.05) is 104 Å². The lowest BCUT2D eigenvalue weighted by molar-refractivity contribution is 0.506. The Morgan fingerprint density at radius 2 is 1.41 bits per heavy atom. The molecule has 2 unspecified atom stereocenters. The van der Waals surface area contributed by atoms with Crippen LogP contribution in [0.2, 0.25) is 0 Å². The van der Waals surface area contributed by atoms with Crippen LogP contribution in [0, 0.1) is 11.6 Å². The molecule has 0 nitrogen and oxygen atoms in total. The summed E-state index contributed by atoms with van der Waals surface area (Å²) in [4.78, 5) is 0. The van der Waals surface area contributed by atoms with Gasteiger partial charge < -0.3 is 0 Å². The maximum atomic E-state index is 13.8. The molecule has 0 saturated heterocycles. The van der Waals surface area contributed by atoms with Crippen LogP contribution in [0.5, 0.6) is 0 Å². The number of benzene rings is 4. The average Bonchev–Trinajstić information content (AvgIpc) is 2.82. The smallest absolute Gasteiger partial charge is 0.160 e. The van der Waals surface area contributed by atoms with Gasteiger partial charge in [0.1, 0.15) is 0 Å². The number of hydrogen-bond acceptors (Lipinski definition) is 0. The Morgan fingerprint density at radius 3 is 1.94 bits per heavy atom. The van der Waals surface area contributed by atoms with E-state index in [4.69, 9.17) is 0 Å². The number of halogens is 2. The molecule has 159 valence electrons. The summed E-state index contributed by atoms with van der Waals surface area (Å²) in [5.41, 5.74) is 1.86. The molecule has 0 saturated carbocycles. The van der Waals surface area contributed by atoms with Crippen molar-refractivity contribution in [3.05, 3.63) is 114 Å². The van der Waals surface area contributed by atoms with Gasteiger partial charge in [-0.15, -0.1) is 9.24 Å². The molecule has 0 bridgehead atoms. The minimum atomic E-state index is -0.810. The van der Waals surface area contributed by atoms with Crippen molar-refractivity contribution in [3.8, 4) is 0 Å². The molecule has 5 heteroatoms. The minimum absolute atomic E-state index is 0.0186. The maximum absolute atomic E-state index is 13.8. The Labute approximate surface area is 193 Å². The van der Waals surface area contributed by atoms with Crippen LogP contribution in [-0.2, 0) is 0 Å². The highest BCUT2D eigenvalue weighted by molar-refractivity contribution is 7.80. The molecule has 0 N–H and O–H groups in total. The molecule has 0 aliphatic heterocycles. The van der Waals surface area contributed by atoms with Crippen molar-refractivity contribution in [1.29, 1.82) is 0 Å². The van der Waals surface area contributed by atoms with E-state index >= 15 is 0 Å². The third-order valence-electron chi connectivity index (χ3n) is 5.53. The second-order valence-corrected chi connectivity index (χ2v) is 10.5. The highest BCUT2D eigenvalue weighted by Crippen LogP contribution is 2.32. The monoisotopic (exact) mass is 459 g/mol. The maximum Gasteiger partial charge on any atom is 0.160 e. The van der Waals surface area contributed by atoms with E-state index in [0.717, 1.165) is 22.8 Å². The van der Waals surface area contributed by atoms with Gasteiger partial charge in [-0.25, -0.2) is 8.78 Å². The van der Waals surface area contributed by atoms with Crippen LogP contribution in [-0.4, -0.2) is 7.28 Å². The zero-order valence-corrected chi connectivity index (χ0v) is 19.9. The van der Waals surface area contributed by atoms with E-state index in [1.807, 2.05) is 12.1 Å². The predicted octanol–water partition coefficient (Wildman–Crippen LogP) is 4.70. The Morgan fingerprint density at radius 1 is 0.781 bits per heavy atom. The van der Waals surface area contributed by atoms with E-state index in [0.29, 0.717) is 0 Å². The Kier molecular flexibility index (Phi) is 7.51. The standard InChI is InChI=1S/C27H24BF2P2/c1-2-23(19-13-15-24(29)25(30)17-19)28-20-14-16-27(26(31)18-20)32(21-9-5-3-6-10-21)22-11-7-4-8-12-22/h3-18,23H,2,31H2,1H3. The van der Waals surface area contributed by atoms with Crippen LogP contribution in [0.15, 0.2) is 97.1 Å². The molecule has 0 aromatic heterocycles. The molecular formula is C27H24BF2P2. The van der Waals surface area contributed by atoms with Crippen LogP contribution < -0.4 is 26.7 Å². The average molecular weight is 459 g/mol. The number of hydrogen-bond donors (Lipinski definition) is 0. The van der Waals surface area contributed by atoms with Gasteiger partial charge >= 0.3 is 0 Å². The van der Waals surface area contributed by atoms with Crippen LogP contribution >= 0.6 is 17.2 Å². The van der Waals surface area contributed by atoms with E-state index in [2.05, 4.69) is 90.2 Å². The molecule has 0 spiro atoms. The highest BCUT2D eigenvalue weighted by atomic mass is 31.1. The second kappa shape index (κ2) is 10.5. The van der Waals surface area contributed by atoms with Gasteiger partial charge in [-0.2, -0.15) is 0 Å². The van der Waals surface area contributed by atoms with E-state index in [-0.39, 0.29) is 5.82 Å². The third-order valence-corrected chi connectivity index (χ3v) is 8.77. The van der Waals surface area contributed by atoms with Crippen molar-refractivity contribution in [2.45, 2.75) is 19.2 Å². The highest BCUT2D eigenvalue weighted by Gasteiger charge is 2.20. The number of rotatable bonds is 7. The fourth-order valence-corrected chi connectivity index (χ4v) is 6.90. The molecule has 4 rings (SSSR count). The molecule has 2 atom stereocenters. The molecule has 4 aromatic rings. The molecule has 4 aromatic carbocycles. The zero-order chi connectivity index (χ0) is 22.5. The van der Waals surface area contributed by atoms with Crippen LogP contribution in [0.25, 0.3) is 0 Å². The van der Waals surface area contributed by atoms with E-state index in [1.165, 1.54) is 28.0 Å². The molecule has 0 heterocycles. The molecule has 0 amide bonds. The Hall–Kier alpha value is -2.34. The van der Waals surface area contributed by atoms with Gasteiger partial charge in [-0.3, -0.25) is 0 Å². The fraction of sp³-hybridized carbons (Fsp3) is 0.111. The first-order chi connectivity index (χ1) is 15.6. The molecule has 0 fully saturated rings. The van der Waals surface area contributed by atoms with Crippen molar-refractivity contribution in [1.82, 2.24) is 0 Å². The van der Waals surface area contributed by atoms with Crippen LogP contribution in [0.4, 0.5) is 8.78 Å². The predicted molar refractivity (Wildman–Crippen MR) is 139 cm³/mol. The summed E-state index contributed by atoms with van der Waals surface area (Å²) in [5, 5.41) is 5.06. The first-order valence-corrected chi connectivity index (χ1v) is 12.6. The van der Waals surface area contributed by atoms with Gasteiger partial charge in [0.2, 0.25) is 0 Å². The van der Waals surface area contributed by atoms with Crippen molar-refractivity contribution >= 4 is 51.1 Å². The summed E-state index contributed by atoms with van der Waals surface area (Å²) < 4.78 is 27.1. The first-order valence-electron chi connectivity index (χ1n) is 10.7. The molecule has 0 aliphatic carbocycles. The SMILES string of the molecule is CCC([B]c1ccc(P(c2ccccc2)c2ccccc2)c(P)c1)c1ccc(F)c(F)c1. The van der Waals surface area contributed by atoms with Gasteiger partial charge in [-0.05, 0) is 52.7 Å². The van der Waals surface area contributed by atoms with E-state index < -0.39 is 19.6 Å². The van der Waals surface area contributed by atoms with Crippen molar-refractivity contribution < 1.29 is 8.78 Å². The van der Waals surface area contributed by atoms with Gasteiger partial charge in [0.05, 0.1) is 0 Å². The fourth-order valence-electron chi connectivity index (χ4n) is 3.89. The first kappa shape index (κ1) is 22.8. The summed E-state index contributed by atoms with van der Waals surface area (Å²) in [6, 6.07) is 31.9. The summed E-state index contributed by atoms with van der Waals surface area (Å²) >= 11 is 0. The topological polar surface area (TPSA) is 0 Å². The largest absolute Gasteiger partial charge is 0.204 e. The summed E-state index contributed by atoms with van der Waals surface area (Å²) in [6.45, 7) is 2.06. The van der Waals surface area contributed by atoms with Gasteiger partial charge in [0.15, 0.2) is 18.9 Å². The van der Waals surface area contributed by atoms with Crippen LogP contribution in [0.1, 0.15) is 24.7 Å². The Balaban J connectivity index is 1.66. The zero-order valence-electron chi connectivity index (χ0n) is 17.9. The van der Waals surface area contributed by atoms with Crippen molar-refractivity contribution in [3.63, 3.8) is 0 Å². The normalized spacial score (nSPS) is 12.0. The summed E-state index contributed by atoms with van der Waals surface area (Å²) in [5.74, 6) is -1.59. The molecular weight excluding hydrogens is 435 g/mol. The quantitative estimate of drug-likeness (QED) is 0.278. The lowest BCUT2D eigenvalue weighted by Gasteiger charge is -2.22. The van der Waals surface area contributed by atoms with Crippen LogP contribution in [0.3, 0.4) is 0 Å². The van der Waals surface area contributed by atoms with E-state index in [9.17, 15) is 8.78 Å². The lowest BCUT2D eigenvalue weighted by Crippen LogP contribution is -2.32. The molecule has 32 heavy (non-hydrogen) atoms. The lowest BCUT2D eigenvalue weighted by atomic mass is 9.56. The summed E-state index contributed by atoms with van der Waals surface area (Å²) in [7, 11) is 4.35. The van der Waals surface area contributed by atoms with Gasteiger partial charge in [0, 0.05) is 0 Å². The molecule has 1 radical (unpaired) electrons. The van der Waals surface area contributed by atoms with E-state index in [1.54, 1.807) is 6.07 Å². The molecule has 0 aliphatic rings. The second-order valence-electron chi connectivity index (χ2n) is 7.68. The van der Waals surface area contributed by atoms with Crippen molar-refractivity contribution in [2.24, 2.45) is 0 Å². The minimum Gasteiger partial charge on any atom is -0.204 e. The Bertz CT molecular complexity index is 1140. The third kappa shape index (κ3) is 5.17. The van der Waals surface area contributed by atoms with Gasteiger partial charge in [0.25, 0.3) is 0 Å². The summed E-state index contributed by atoms with van der Waals surface area (Å²) in [6.07, 6.45) is 0.805.